The minimum Gasteiger partial charge on any atom is -0.269 e. The Bertz CT molecular complexity index is 302. The maximum atomic E-state index is 11.3. The molecule has 16 heavy (non-hydrogen) atoms. The van der Waals surface area contributed by atoms with Crippen LogP contribution in [-0.2, 0) is 9.59 Å². The van der Waals surface area contributed by atoms with E-state index >= 15 is 0 Å². The van der Waals surface area contributed by atoms with E-state index in [0.29, 0.717) is 0 Å². The zero-order chi connectivity index (χ0) is 12.1. The van der Waals surface area contributed by atoms with Gasteiger partial charge in [-0.25, -0.2) is 4.79 Å². The first-order valence-electron chi connectivity index (χ1n) is 5.76. The summed E-state index contributed by atoms with van der Waals surface area (Å²) in [4.78, 5) is 34.6. The molecule has 5 heteroatoms. The molecule has 0 aromatic heterocycles. The number of rotatable bonds is 6. The largest absolute Gasteiger partial charge is 0.331 e. The number of hydrogen-bond acceptors (Lipinski definition) is 3. The number of carbonyl (C=O) groups excluding carboxylic acids is 3. The van der Waals surface area contributed by atoms with E-state index in [4.69, 9.17) is 0 Å². The molecule has 1 rings (SSSR count). The van der Waals surface area contributed by atoms with Crippen LogP contribution in [0.15, 0.2) is 0 Å². The SMILES string of the molecule is CCCCCCC(C)N1C(=O)NC(=O)C1=O. The summed E-state index contributed by atoms with van der Waals surface area (Å²) in [5, 5.41) is 2.00. The van der Waals surface area contributed by atoms with Gasteiger partial charge in [-0.1, -0.05) is 32.6 Å². The quantitative estimate of drug-likeness (QED) is 0.423. The molecule has 0 bridgehead atoms. The van der Waals surface area contributed by atoms with E-state index in [2.05, 4.69) is 6.92 Å². The lowest BCUT2D eigenvalue weighted by molar-refractivity contribution is -0.141. The van der Waals surface area contributed by atoms with E-state index in [0.717, 1.165) is 37.0 Å². The third kappa shape index (κ3) is 2.81. The van der Waals surface area contributed by atoms with Crippen LogP contribution in [0.5, 0.6) is 0 Å². The standard InChI is InChI=1S/C11H18N2O3/c1-3-4-5-6-7-8(2)13-10(15)9(14)12-11(13)16/h8H,3-7H2,1-2H3,(H,12,14,16). The summed E-state index contributed by atoms with van der Waals surface area (Å²) < 4.78 is 0. The summed E-state index contributed by atoms with van der Waals surface area (Å²) in [5.41, 5.74) is 0. The van der Waals surface area contributed by atoms with Crippen molar-refractivity contribution in [1.29, 1.82) is 0 Å². The van der Waals surface area contributed by atoms with Gasteiger partial charge in [-0.05, 0) is 13.3 Å². The Morgan fingerprint density at radius 2 is 1.88 bits per heavy atom. The lowest BCUT2D eigenvalue weighted by Gasteiger charge is -2.19. The zero-order valence-corrected chi connectivity index (χ0v) is 9.78. The molecule has 1 aliphatic heterocycles. The van der Waals surface area contributed by atoms with Crippen molar-refractivity contribution < 1.29 is 14.4 Å². The number of nitrogens with one attached hydrogen (secondary N) is 1. The molecule has 1 atom stereocenters. The molecule has 4 amide bonds. The number of nitrogens with zero attached hydrogens (tertiary/aromatic N) is 1. The van der Waals surface area contributed by atoms with Gasteiger partial charge in [0.1, 0.15) is 0 Å². The Morgan fingerprint density at radius 3 is 2.38 bits per heavy atom. The van der Waals surface area contributed by atoms with Crippen LogP contribution in [0.25, 0.3) is 0 Å². The highest BCUT2D eigenvalue weighted by Gasteiger charge is 2.39. The van der Waals surface area contributed by atoms with Gasteiger partial charge in [-0.15, -0.1) is 0 Å². The van der Waals surface area contributed by atoms with Gasteiger partial charge in [0.15, 0.2) is 0 Å². The smallest absolute Gasteiger partial charge is 0.269 e. The van der Waals surface area contributed by atoms with Crippen molar-refractivity contribution in [3.63, 3.8) is 0 Å². The van der Waals surface area contributed by atoms with Gasteiger partial charge >= 0.3 is 17.8 Å². The molecule has 1 aliphatic rings. The van der Waals surface area contributed by atoms with Crippen LogP contribution in [0, 0.1) is 0 Å². The minimum atomic E-state index is -0.814. The van der Waals surface area contributed by atoms with Crippen LogP contribution >= 0.6 is 0 Å². The Kier molecular flexibility index (Phi) is 4.46. The fraction of sp³-hybridized carbons (Fsp3) is 0.727. The Morgan fingerprint density at radius 1 is 1.19 bits per heavy atom. The van der Waals surface area contributed by atoms with Crippen molar-refractivity contribution in [2.45, 2.75) is 52.0 Å². The summed E-state index contributed by atoms with van der Waals surface area (Å²) in [6.07, 6.45) is 5.13. The molecule has 0 radical (unpaired) electrons. The molecular formula is C11H18N2O3. The van der Waals surface area contributed by atoms with Crippen molar-refractivity contribution >= 4 is 17.8 Å². The van der Waals surface area contributed by atoms with Crippen molar-refractivity contribution in [3.05, 3.63) is 0 Å². The van der Waals surface area contributed by atoms with E-state index in [1.807, 2.05) is 5.32 Å². The molecule has 5 nitrogen and oxygen atoms in total. The second-order valence-electron chi connectivity index (χ2n) is 4.13. The zero-order valence-electron chi connectivity index (χ0n) is 9.78. The molecule has 1 N–H and O–H groups in total. The van der Waals surface area contributed by atoms with Crippen LogP contribution in [-0.4, -0.2) is 28.8 Å². The van der Waals surface area contributed by atoms with E-state index in [1.54, 1.807) is 6.92 Å². The van der Waals surface area contributed by atoms with E-state index in [1.165, 1.54) is 0 Å². The van der Waals surface area contributed by atoms with Crippen molar-refractivity contribution in [2.75, 3.05) is 0 Å². The number of unbranched alkanes of at least 4 members (excludes halogenated alkanes) is 3. The van der Waals surface area contributed by atoms with Gasteiger partial charge in [0.05, 0.1) is 0 Å². The maximum absolute atomic E-state index is 11.3. The molecule has 1 saturated heterocycles. The highest BCUT2D eigenvalue weighted by Crippen LogP contribution is 2.13. The van der Waals surface area contributed by atoms with Crippen LogP contribution in [0.3, 0.4) is 0 Å². The summed E-state index contributed by atoms with van der Waals surface area (Å²) in [5.74, 6) is -1.54. The minimum absolute atomic E-state index is 0.198. The van der Waals surface area contributed by atoms with Crippen molar-refractivity contribution in [3.8, 4) is 0 Å². The number of amides is 4. The topological polar surface area (TPSA) is 66.5 Å². The fourth-order valence-corrected chi connectivity index (χ4v) is 1.81. The summed E-state index contributed by atoms with van der Waals surface area (Å²) >= 11 is 0. The first kappa shape index (κ1) is 12.7. The molecule has 0 spiro atoms. The van der Waals surface area contributed by atoms with E-state index < -0.39 is 17.8 Å². The van der Waals surface area contributed by atoms with E-state index in [-0.39, 0.29) is 6.04 Å². The van der Waals surface area contributed by atoms with Crippen LogP contribution in [0.1, 0.15) is 46.0 Å². The normalized spacial score (nSPS) is 17.9. The van der Waals surface area contributed by atoms with Crippen LogP contribution < -0.4 is 5.32 Å². The predicted octanol–water partition coefficient (Wildman–Crippen LogP) is 1.42. The summed E-state index contributed by atoms with van der Waals surface area (Å²) in [7, 11) is 0. The number of carbonyl (C=O) groups is 3. The highest BCUT2D eigenvalue weighted by molar-refractivity contribution is 6.44. The van der Waals surface area contributed by atoms with Gasteiger partial charge in [0.2, 0.25) is 0 Å². The third-order valence-corrected chi connectivity index (χ3v) is 2.77. The van der Waals surface area contributed by atoms with Crippen molar-refractivity contribution in [1.82, 2.24) is 10.2 Å². The Hall–Kier alpha value is -1.39. The molecule has 1 fully saturated rings. The first-order valence-corrected chi connectivity index (χ1v) is 5.76. The Balaban J connectivity index is 2.41. The number of imide groups is 2. The molecule has 0 saturated carbocycles. The van der Waals surface area contributed by atoms with Gasteiger partial charge in [0.25, 0.3) is 0 Å². The van der Waals surface area contributed by atoms with Crippen LogP contribution in [0.4, 0.5) is 4.79 Å². The monoisotopic (exact) mass is 226 g/mol. The summed E-state index contributed by atoms with van der Waals surface area (Å²) in [6.45, 7) is 3.92. The number of hydrogen-bond donors (Lipinski definition) is 1. The molecule has 0 aromatic carbocycles. The van der Waals surface area contributed by atoms with Crippen LogP contribution in [0.2, 0.25) is 0 Å². The average molecular weight is 226 g/mol. The second-order valence-corrected chi connectivity index (χ2v) is 4.13. The molecule has 0 aromatic rings. The van der Waals surface area contributed by atoms with Gasteiger partial charge in [-0.3, -0.25) is 19.8 Å². The molecule has 1 heterocycles. The highest BCUT2D eigenvalue weighted by atomic mass is 16.2. The Labute approximate surface area is 95.2 Å². The molecular weight excluding hydrogens is 208 g/mol. The van der Waals surface area contributed by atoms with Gasteiger partial charge < -0.3 is 0 Å². The maximum Gasteiger partial charge on any atom is 0.331 e. The lowest BCUT2D eigenvalue weighted by Crippen LogP contribution is -2.38. The molecule has 90 valence electrons. The molecule has 0 aliphatic carbocycles. The van der Waals surface area contributed by atoms with Gasteiger partial charge in [-0.2, -0.15) is 0 Å². The van der Waals surface area contributed by atoms with Crippen molar-refractivity contribution in [2.24, 2.45) is 0 Å². The first-order chi connectivity index (χ1) is 7.57. The van der Waals surface area contributed by atoms with E-state index in [9.17, 15) is 14.4 Å². The van der Waals surface area contributed by atoms with Gasteiger partial charge in [0, 0.05) is 6.04 Å². The number of urea groups is 1. The third-order valence-electron chi connectivity index (χ3n) is 2.77. The fourth-order valence-electron chi connectivity index (χ4n) is 1.81. The second kappa shape index (κ2) is 5.63. The summed E-state index contributed by atoms with van der Waals surface area (Å²) in [6, 6.07) is -0.784. The molecule has 1 unspecified atom stereocenters. The lowest BCUT2D eigenvalue weighted by atomic mass is 10.1. The average Bonchev–Trinajstić information content (AvgIpc) is 2.48. The predicted molar refractivity (Wildman–Crippen MR) is 58.6 cm³/mol.